The molecule has 1 saturated heterocycles. The largest absolute Gasteiger partial charge is 0.451 e. The molecule has 0 atom stereocenters. The maximum Gasteiger partial charge on any atom is 0.287 e. The van der Waals surface area contributed by atoms with Crippen molar-refractivity contribution in [1.82, 2.24) is 10.6 Å². The number of piperidine rings is 1. The molecule has 2 N–H and O–H groups in total. The average Bonchev–Trinajstić information content (AvgIpc) is 2.84. The van der Waals surface area contributed by atoms with Gasteiger partial charge in [0.25, 0.3) is 5.91 Å². The zero-order valence-corrected chi connectivity index (χ0v) is 12.7. The second kappa shape index (κ2) is 5.53. The van der Waals surface area contributed by atoms with Crippen LogP contribution in [-0.2, 0) is 0 Å². The fraction of sp³-hybridized carbons (Fsp3) is 0.471. The van der Waals surface area contributed by atoms with Crippen molar-refractivity contribution in [2.45, 2.75) is 26.7 Å². The summed E-state index contributed by atoms with van der Waals surface area (Å²) in [6, 6.07) is 7.76. The van der Waals surface area contributed by atoms with Gasteiger partial charge in [0.05, 0.1) is 0 Å². The summed E-state index contributed by atoms with van der Waals surface area (Å²) in [4.78, 5) is 12.4. The van der Waals surface area contributed by atoms with E-state index in [9.17, 15) is 4.79 Å². The number of carbonyl (C=O) groups is 1. The van der Waals surface area contributed by atoms with E-state index in [2.05, 4.69) is 17.6 Å². The maximum absolute atomic E-state index is 12.4. The average molecular weight is 286 g/mol. The van der Waals surface area contributed by atoms with Crippen LogP contribution in [-0.4, -0.2) is 25.5 Å². The number of hydrogen-bond donors (Lipinski definition) is 2. The van der Waals surface area contributed by atoms with Gasteiger partial charge in [0.15, 0.2) is 5.76 Å². The lowest BCUT2D eigenvalue weighted by molar-refractivity contribution is 0.0896. The molecule has 3 rings (SSSR count). The number of benzene rings is 1. The van der Waals surface area contributed by atoms with Crippen molar-refractivity contribution < 1.29 is 9.21 Å². The minimum absolute atomic E-state index is 0.108. The van der Waals surface area contributed by atoms with E-state index in [0.29, 0.717) is 12.3 Å². The van der Waals surface area contributed by atoms with Gasteiger partial charge >= 0.3 is 0 Å². The van der Waals surface area contributed by atoms with Gasteiger partial charge in [-0.1, -0.05) is 25.1 Å². The first-order valence-corrected chi connectivity index (χ1v) is 7.56. The summed E-state index contributed by atoms with van der Waals surface area (Å²) in [5, 5.41) is 7.42. The molecule has 0 bridgehead atoms. The minimum atomic E-state index is -0.108. The second-order valence-corrected chi connectivity index (χ2v) is 6.30. The molecule has 1 amide bonds. The highest BCUT2D eigenvalue weighted by Gasteiger charge is 2.28. The molecule has 1 aromatic heterocycles. The summed E-state index contributed by atoms with van der Waals surface area (Å²) in [6.45, 7) is 6.92. The highest BCUT2D eigenvalue weighted by molar-refractivity contribution is 5.98. The summed E-state index contributed by atoms with van der Waals surface area (Å²) in [5.74, 6) is 0.331. The quantitative estimate of drug-likeness (QED) is 0.912. The molecule has 112 valence electrons. The van der Waals surface area contributed by atoms with Crippen molar-refractivity contribution in [1.29, 1.82) is 0 Å². The molecule has 1 aliphatic rings. The molecule has 0 unspecified atom stereocenters. The summed E-state index contributed by atoms with van der Waals surface area (Å²) < 4.78 is 5.71. The Kier molecular flexibility index (Phi) is 3.72. The van der Waals surface area contributed by atoms with Gasteiger partial charge in [0, 0.05) is 17.5 Å². The third-order valence-electron chi connectivity index (χ3n) is 4.54. The van der Waals surface area contributed by atoms with E-state index in [-0.39, 0.29) is 11.3 Å². The lowest BCUT2D eigenvalue weighted by Crippen LogP contribution is -2.42. The number of carbonyl (C=O) groups excluding carboxylic acids is 1. The molecule has 0 radical (unpaired) electrons. The Morgan fingerprint density at radius 2 is 2.05 bits per heavy atom. The van der Waals surface area contributed by atoms with Gasteiger partial charge in [-0.05, 0) is 44.3 Å². The molecule has 1 aliphatic heterocycles. The highest BCUT2D eigenvalue weighted by Crippen LogP contribution is 2.28. The predicted octanol–water partition coefficient (Wildman–Crippen LogP) is 2.86. The molecule has 0 saturated carbocycles. The van der Waals surface area contributed by atoms with Crippen LogP contribution >= 0.6 is 0 Å². The third-order valence-corrected chi connectivity index (χ3v) is 4.54. The van der Waals surface area contributed by atoms with Crippen LogP contribution in [0.15, 0.2) is 28.7 Å². The lowest BCUT2D eigenvalue weighted by Gasteiger charge is -2.34. The van der Waals surface area contributed by atoms with Crippen molar-refractivity contribution in [2.75, 3.05) is 19.6 Å². The van der Waals surface area contributed by atoms with Crippen molar-refractivity contribution in [3.8, 4) is 0 Å². The molecule has 1 aromatic carbocycles. The van der Waals surface area contributed by atoms with Crippen LogP contribution in [0.2, 0.25) is 0 Å². The maximum atomic E-state index is 12.4. The van der Waals surface area contributed by atoms with Gasteiger partial charge in [0.2, 0.25) is 0 Å². The Morgan fingerprint density at radius 3 is 2.76 bits per heavy atom. The Labute approximate surface area is 124 Å². The Morgan fingerprint density at radius 1 is 1.33 bits per heavy atom. The molecule has 4 heteroatoms. The summed E-state index contributed by atoms with van der Waals surface area (Å²) in [5.41, 5.74) is 1.87. The molecule has 2 aromatic rings. The number of para-hydroxylation sites is 1. The first-order chi connectivity index (χ1) is 10.1. The first-order valence-electron chi connectivity index (χ1n) is 7.56. The number of aryl methyl sites for hydroxylation is 1. The zero-order valence-electron chi connectivity index (χ0n) is 12.7. The number of rotatable bonds is 3. The van der Waals surface area contributed by atoms with Crippen LogP contribution in [0.3, 0.4) is 0 Å². The van der Waals surface area contributed by atoms with Gasteiger partial charge in [0.1, 0.15) is 5.58 Å². The number of nitrogens with one attached hydrogen (secondary N) is 2. The van der Waals surface area contributed by atoms with Crippen LogP contribution in [0.5, 0.6) is 0 Å². The monoisotopic (exact) mass is 286 g/mol. The van der Waals surface area contributed by atoms with E-state index >= 15 is 0 Å². The van der Waals surface area contributed by atoms with Crippen molar-refractivity contribution in [2.24, 2.45) is 5.41 Å². The second-order valence-electron chi connectivity index (χ2n) is 6.30. The van der Waals surface area contributed by atoms with Crippen molar-refractivity contribution in [3.63, 3.8) is 0 Å². The predicted molar refractivity (Wildman–Crippen MR) is 83.5 cm³/mol. The standard InChI is InChI=1S/C17H22N2O2/c1-12-13-5-3-4-6-14(13)21-15(12)16(20)19-11-17(2)7-9-18-10-8-17/h3-6,18H,7-11H2,1-2H3,(H,19,20). The molecule has 0 aliphatic carbocycles. The smallest absolute Gasteiger partial charge is 0.287 e. The summed E-state index contributed by atoms with van der Waals surface area (Å²) in [6.07, 6.45) is 2.18. The van der Waals surface area contributed by atoms with Crippen LogP contribution in [0, 0.1) is 12.3 Å². The highest BCUT2D eigenvalue weighted by atomic mass is 16.3. The summed E-state index contributed by atoms with van der Waals surface area (Å²) >= 11 is 0. The number of amides is 1. The Bertz CT molecular complexity index is 654. The molecular formula is C17H22N2O2. The van der Waals surface area contributed by atoms with E-state index in [1.54, 1.807) is 0 Å². The topological polar surface area (TPSA) is 54.3 Å². The fourth-order valence-electron chi connectivity index (χ4n) is 2.97. The van der Waals surface area contributed by atoms with Gasteiger partial charge in [-0.3, -0.25) is 4.79 Å². The molecule has 0 spiro atoms. The fourth-order valence-corrected chi connectivity index (χ4v) is 2.97. The molecule has 2 heterocycles. The van der Waals surface area contributed by atoms with Crippen molar-refractivity contribution in [3.05, 3.63) is 35.6 Å². The third kappa shape index (κ3) is 2.81. The van der Waals surface area contributed by atoms with Crippen LogP contribution in [0.25, 0.3) is 11.0 Å². The van der Waals surface area contributed by atoms with Crippen LogP contribution in [0.1, 0.15) is 35.9 Å². The van der Waals surface area contributed by atoms with E-state index in [0.717, 1.165) is 42.5 Å². The van der Waals surface area contributed by atoms with E-state index in [1.165, 1.54) is 0 Å². The zero-order chi connectivity index (χ0) is 14.9. The number of fused-ring (bicyclic) bond motifs is 1. The minimum Gasteiger partial charge on any atom is -0.451 e. The van der Waals surface area contributed by atoms with E-state index in [4.69, 9.17) is 4.42 Å². The SMILES string of the molecule is Cc1c(C(=O)NCC2(C)CCNCC2)oc2ccccc12. The number of furan rings is 1. The molecule has 21 heavy (non-hydrogen) atoms. The number of hydrogen-bond acceptors (Lipinski definition) is 3. The van der Waals surface area contributed by atoms with Gasteiger partial charge in [-0.15, -0.1) is 0 Å². The van der Waals surface area contributed by atoms with Gasteiger partial charge < -0.3 is 15.1 Å². The molecular weight excluding hydrogens is 264 g/mol. The lowest BCUT2D eigenvalue weighted by atomic mass is 9.81. The van der Waals surface area contributed by atoms with Gasteiger partial charge in [-0.2, -0.15) is 0 Å². The summed E-state index contributed by atoms with van der Waals surface area (Å²) in [7, 11) is 0. The Hall–Kier alpha value is -1.81. The first kappa shape index (κ1) is 14.1. The van der Waals surface area contributed by atoms with Gasteiger partial charge in [-0.25, -0.2) is 0 Å². The molecule has 4 nitrogen and oxygen atoms in total. The molecule has 1 fully saturated rings. The van der Waals surface area contributed by atoms with Crippen LogP contribution in [0.4, 0.5) is 0 Å². The van der Waals surface area contributed by atoms with E-state index < -0.39 is 0 Å². The van der Waals surface area contributed by atoms with E-state index in [1.807, 2.05) is 31.2 Å². The Balaban J connectivity index is 1.73. The van der Waals surface area contributed by atoms with Crippen LogP contribution < -0.4 is 10.6 Å². The normalized spacial score (nSPS) is 17.8. The van der Waals surface area contributed by atoms with Crippen molar-refractivity contribution >= 4 is 16.9 Å².